The summed E-state index contributed by atoms with van der Waals surface area (Å²) in [6, 6.07) is 7.70. The van der Waals surface area contributed by atoms with Crippen molar-refractivity contribution in [1.29, 1.82) is 0 Å². The van der Waals surface area contributed by atoms with Crippen molar-refractivity contribution in [2.45, 2.75) is 37.3 Å². The van der Waals surface area contributed by atoms with E-state index in [1.165, 1.54) is 23.1 Å². The fraction of sp³-hybridized carbons (Fsp3) is 0.389. The van der Waals surface area contributed by atoms with Gasteiger partial charge in [0.1, 0.15) is 5.75 Å². The largest absolute Gasteiger partial charge is 0.483 e. The van der Waals surface area contributed by atoms with Gasteiger partial charge in [0.25, 0.3) is 5.91 Å². The Morgan fingerprint density at radius 1 is 1.31 bits per heavy atom. The first-order chi connectivity index (χ1) is 12.2. The number of anilines is 1. The van der Waals surface area contributed by atoms with E-state index in [-0.39, 0.29) is 29.6 Å². The van der Waals surface area contributed by atoms with Gasteiger partial charge in [0.05, 0.1) is 15.7 Å². The Kier molecular flexibility index (Phi) is 6.66. The van der Waals surface area contributed by atoms with E-state index in [1.807, 2.05) is 31.2 Å². The van der Waals surface area contributed by atoms with E-state index in [0.717, 1.165) is 15.5 Å². The lowest BCUT2D eigenvalue weighted by atomic mass is 9.86. The number of hydrogen-bond donors (Lipinski definition) is 2. The van der Waals surface area contributed by atoms with Crippen LogP contribution in [-0.4, -0.2) is 29.2 Å². The van der Waals surface area contributed by atoms with E-state index in [2.05, 4.69) is 31.1 Å². The quantitative estimate of drug-likeness (QED) is 0.704. The van der Waals surface area contributed by atoms with Crippen molar-refractivity contribution < 1.29 is 14.3 Å². The van der Waals surface area contributed by atoms with Crippen LogP contribution in [0.4, 0.5) is 5.13 Å². The summed E-state index contributed by atoms with van der Waals surface area (Å²) in [6.07, 6.45) is 0. The molecule has 0 aliphatic heterocycles. The molecule has 0 unspecified atom stereocenters. The average Bonchev–Trinajstić information content (AvgIpc) is 2.89. The number of thioether (sulfide) groups is 1. The van der Waals surface area contributed by atoms with E-state index < -0.39 is 0 Å². The van der Waals surface area contributed by atoms with Gasteiger partial charge in [-0.1, -0.05) is 50.3 Å². The average molecular weight is 394 g/mol. The zero-order valence-corrected chi connectivity index (χ0v) is 16.9. The summed E-state index contributed by atoms with van der Waals surface area (Å²) in [6.45, 7) is 8.01. The number of primary amides is 1. The van der Waals surface area contributed by atoms with Gasteiger partial charge < -0.3 is 10.5 Å². The molecule has 2 aromatic rings. The number of ether oxygens (including phenoxy) is 1. The van der Waals surface area contributed by atoms with Gasteiger partial charge >= 0.3 is 0 Å². The van der Waals surface area contributed by atoms with Crippen molar-refractivity contribution >= 4 is 40.0 Å². The van der Waals surface area contributed by atoms with Crippen molar-refractivity contribution in [2.75, 3.05) is 17.7 Å². The number of rotatable bonds is 7. The molecule has 0 radical (unpaired) electrons. The minimum Gasteiger partial charge on any atom is -0.483 e. The highest BCUT2D eigenvalue weighted by molar-refractivity contribution is 8.01. The van der Waals surface area contributed by atoms with Crippen LogP contribution in [0.25, 0.3) is 0 Å². The first kappa shape index (κ1) is 20.3. The van der Waals surface area contributed by atoms with Crippen LogP contribution in [0.3, 0.4) is 0 Å². The summed E-state index contributed by atoms with van der Waals surface area (Å²) in [4.78, 5) is 27.4. The van der Waals surface area contributed by atoms with Crippen LogP contribution >= 0.6 is 23.1 Å². The van der Waals surface area contributed by atoms with Crippen molar-refractivity contribution in [3.8, 4) is 5.75 Å². The van der Waals surface area contributed by atoms with Crippen LogP contribution in [0.1, 0.15) is 32.0 Å². The van der Waals surface area contributed by atoms with Crippen molar-refractivity contribution in [3.63, 3.8) is 0 Å². The summed E-state index contributed by atoms with van der Waals surface area (Å²) < 4.78 is 6.57. The Bertz CT molecular complexity index is 797. The maximum atomic E-state index is 12.2. The van der Waals surface area contributed by atoms with Gasteiger partial charge in [0.2, 0.25) is 5.91 Å². The maximum absolute atomic E-state index is 12.2. The summed E-state index contributed by atoms with van der Waals surface area (Å²) >= 11 is 2.63. The number of thiazole rings is 1. The molecule has 1 aromatic heterocycles. The zero-order valence-electron chi connectivity index (χ0n) is 15.3. The molecule has 0 aliphatic rings. The molecule has 0 atom stereocenters. The van der Waals surface area contributed by atoms with Crippen molar-refractivity contribution in [3.05, 3.63) is 35.5 Å². The normalized spacial score (nSPS) is 11.2. The predicted octanol–water partition coefficient (Wildman–Crippen LogP) is 3.34. The number of nitrogens with one attached hydrogen (secondary N) is 1. The number of benzene rings is 1. The van der Waals surface area contributed by atoms with Crippen LogP contribution in [0, 0.1) is 6.92 Å². The Hall–Kier alpha value is -2.06. The third-order valence-corrected chi connectivity index (χ3v) is 5.86. The van der Waals surface area contributed by atoms with Crippen molar-refractivity contribution in [2.24, 2.45) is 5.73 Å². The SMILES string of the molecule is Cc1nc(NC(=O)COc2ccccc2C(C)(C)C)sc1SCC(N)=O. The molecule has 1 heterocycles. The lowest BCUT2D eigenvalue weighted by Gasteiger charge is -2.22. The highest BCUT2D eigenvalue weighted by atomic mass is 32.2. The predicted molar refractivity (Wildman–Crippen MR) is 106 cm³/mol. The molecule has 0 fully saturated rings. The smallest absolute Gasteiger partial charge is 0.264 e. The fourth-order valence-corrected chi connectivity index (χ4v) is 4.11. The van der Waals surface area contributed by atoms with Crippen LogP contribution < -0.4 is 15.8 Å². The summed E-state index contributed by atoms with van der Waals surface area (Å²) in [5.74, 6) is 0.208. The second-order valence-electron chi connectivity index (χ2n) is 6.73. The van der Waals surface area contributed by atoms with E-state index in [0.29, 0.717) is 10.9 Å². The number of hydrogen-bond acceptors (Lipinski definition) is 6. The van der Waals surface area contributed by atoms with Crippen molar-refractivity contribution in [1.82, 2.24) is 4.98 Å². The minimum atomic E-state index is -0.390. The number of para-hydroxylation sites is 1. The number of nitrogens with two attached hydrogens (primary N) is 1. The molecule has 1 aromatic carbocycles. The molecule has 140 valence electrons. The standard InChI is InChI=1S/C18H23N3O3S2/c1-11-16(25-10-14(19)22)26-17(20-11)21-15(23)9-24-13-8-6-5-7-12(13)18(2,3)4/h5-8H,9-10H2,1-4H3,(H2,19,22)(H,20,21,23). The highest BCUT2D eigenvalue weighted by Crippen LogP contribution is 2.32. The third-order valence-electron chi connectivity index (χ3n) is 3.40. The van der Waals surface area contributed by atoms with Crippen LogP contribution in [0.15, 0.2) is 28.5 Å². The molecule has 2 amide bonds. The number of aryl methyl sites for hydroxylation is 1. The van der Waals surface area contributed by atoms with Crippen LogP contribution in [0.2, 0.25) is 0 Å². The number of nitrogens with zero attached hydrogens (tertiary/aromatic N) is 1. The molecule has 0 saturated heterocycles. The second kappa shape index (κ2) is 8.55. The monoisotopic (exact) mass is 393 g/mol. The zero-order chi connectivity index (χ0) is 19.3. The second-order valence-corrected chi connectivity index (χ2v) is 8.97. The molecule has 0 saturated carbocycles. The summed E-state index contributed by atoms with van der Waals surface area (Å²) in [5.41, 5.74) is 6.88. The van der Waals surface area contributed by atoms with Crippen LogP contribution in [-0.2, 0) is 15.0 Å². The molecule has 8 heteroatoms. The van der Waals surface area contributed by atoms with Gasteiger partial charge in [-0.25, -0.2) is 4.98 Å². The molecule has 0 bridgehead atoms. The molecular formula is C18H23N3O3S2. The Morgan fingerprint density at radius 2 is 2.00 bits per heavy atom. The molecule has 3 N–H and O–H groups in total. The summed E-state index contributed by atoms with van der Waals surface area (Å²) in [5, 5.41) is 3.21. The first-order valence-electron chi connectivity index (χ1n) is 8.07. The van der Waals surface area contributed by atoms with Crippen LogP contribution in [0.5, 0.6) is 5.75 Å². The van der Waals surface area contributed by atoms with E-state index in [9.17, 15) is 9.59 Å². The maximum Gasteiger partial charge on any atom is 0.264 e. The van der Waals surface area contributed by atoms with Gasteiger partial charge in [-0.05, 0) is 24.0 Å². The minimum absolute atomic E-state index is 0.0773. The first-order valence-corrected chi connectivity index (χ1v) is 9.87. The number of carbonyl (C=O) groups is 2. The number of carbonyl (C=O) groups excluding carboxylic acids is 2. The number of amides is 2. The van der Waals surface area contributed by atoms with Gasteiger partial charge in [-0.15, -0.1) is 11.8 Å². The summed E-state index contributed by atoms with van der Waals surface area (Å²) in [7, 11) is 0. The highest BCUT2D eigenvalue weighted by Gasteiger charge is 2.19. The molecule has 0 aliphatic carbocycles. The lowest BCUT2D eigenvalue weighted by molar-refractivity contribution is -0.118. The molecular weight excluding hydrogens is 370 g/mol. The lowest BCUT2D eigenvalue weighted by Crippen LogP contribution is -2.21. The topological polar surface area (TPSA) is 94.3 Å². The van der Waals surface area contributed by atoms with E-state index >= 15 is 0 Å². The molecule has 26 heavy (non-hydrogen) atoms. The Morgan fingerprint density at radius 3 is 2.65 bits per heavy atom. The molecule has 6 nitrogen and oxygen atoms in total. The van der Waals surface area contributed by atoms with E-state index in [4.69, 9.17) is 10.5 Å². The Balaban J connectivity index is 1.96. The van der Waals surface area contributed by atoms with Gasteiger partial charge in [-0.2, -0.15) is 0 Å². The number of aromatic nitrogens is 1. The van der Waals surface area contributed by atoms with Gasteiger partial charge in [0.15, 0.2) is 11.7 Å². The Labute approximate surface area is 161 Å². The molecule has 0 spiro atoms. The molecule has 2 rings (SSSR count). The third kappa shape index (κ3) is 5.74. The fourth-order valence-electron chi connectivity index (χ4n) is 2.22. The van der Waals surface area contributed by atoms with E-state index in [1.54, 1.807) is 0 Å². The van der Waals surface area contributed by atoms with Gasteiger partial charge in [0, 0.05) is 0 Å². The van der Waals surface area contributed by atoms with Gasteiger partial charge in [-0.3, -0.25) is 14.9 Å².